The van der Waals surface area contributed by atoms with E-state index in [0.29, 0.717) is 4.88 Å². The maximum atomic E-state index is 11.4. The van der Waals surface area contributed by atoms with Gasteiger partial charge in [0, 0.05) is 7.05 Å². The first-order valence-electron chi connectivity index (χ1n) is 4.52. The average Bonchev–Trinajstić information content (AvgIpc) is 2.65. The minimum Gasteiger partial charge on any atom is -0.274 e. The molecule has 1 aromatic rings. The Labute approximate surface area is 89.3 Å². The fraction of sp³-hybridized carbons (Fsp3) is 0.500. The van der Waals surface area contributed by atoms with Crippen molar-refractivity contribution in [2.45, 2.75) is 20.8 Å². The van der Waals surface area contributed by atoms with Gasteiger partial charge in [-0.3, -0.25) is 9.63 Å². The Morgan fingerprint density at radius 3 is 2.43 bits per heavy atom. The summed E-state index contributed by atoms with van der Waals surface area (Å²) in [4.78, 5) is 16.9. The molecule has 0 aliphatic rings. The SMILES string of the molecule is CC.CON(C)C(=O)c1cc(C)cs1. The number of thiophene rings is 1. The van der Waals surface area contributed by atoms with Gasteiger partial charge in [0.15, 0.2) is 0 Å². The molecule has 0 atom stereocenters. The van der Waals surface area contributed by atoms with E-state index in [2.05, 4.69) is 0 Å². The number of carbonyl (C=O) groups is 1. The van der Waals surface area contributed by atoms with Crippen molar-refractivity contribution in [1.82, 2.24) is 5.06 Å². The first kappa shape index (κ1) is 13.1. The fourth-order valence-corrected chi connectivity index (χ4v) is 1.65. The molecule has 0 aromatic carbocycles. The lowest BCUT2D eigenvalue weighted by Crippen LogP contribution is -2.24. The number of hydrogen-bond acceptors (Lipinski definition) is 3. The zero-order valence-electron chi connectivity index (χ0n) is 9.33. The Morgan fingerprint density at radius 2 is 2.07 bits per heavy atom. The van der Waals surface area contributed by atoms with Gasteiger partial charge in [-0.1, -0.05) is 13.8 Å². The molecule has 0 spiro atoms. The summed E-state index contributed by atoms with van der Waals surface area (Å²) in [6, 6.07) is 1.85. The van der Waals surface area contributed by atoms with Crippen LogP contribution in [0.3, 0.4) is 0 Å². The first-order valence-corrected chi connectivity index (χ1v) is 5.40. The molecular weight excluding hydrogens is 198 g/mol. The number of rotatable bonds is 2. The van der Waals surface area contributed by atoms with Crippen molar-refractivity contribution in [1.29, 1.82) is 0 Å². The van der Waals surface area contributed by atoms with E-state index in [-0.39, 0.29) is 5.91 Å². The second kappa shape index (κ2) is 6.56. The summed E-state index contributed by atoms with van der Waals surface area (Å²) in [6.45, 7) is 5.96. The second-order valence-corrected chi connectivity index (χ2v) is 3.38. The standard InChI is InChI=1S/C8H11NO2S.C2H6/c1-6-4-7(12-5-6)8(10)9(2)11-3;1-2/h4-5H,1-3H3;1-2H3. The average molecular weight is 215 g/mol. The highest BCUT2D eigenvalue weighted by Crippen LogP contribution is 2.15. The quantitative estimate of drug-likeness (QED) is 0.710. The maximum absolute atomic E-state index is 11.4. The predicted molar refractivity (Wildman–Crippen MR) is 59.5 cm³/mol. The lowest BCUT2D eigenvalue weighted by molar-refractivity contribution is -0.0753. The predicted octanol–water partition coefficient (Wildman–Crippen LogP) is 2.72. The molecular formula is C10H17NO2S. The normalized spacial score (nSPS) is 8.93. The Morgan fingerprint density at radius 1 is 1.50 bits per heavy atom. The Kier molecular flexibility index (Phi) is 6.16. The fourth-order valence-electron chi connectivity index (χ4n) is 0.781. The zero-order chi connectivity index (χ0) is 11.1. The van der Waals surface area contributed by atoms with Gasteiger partial charge >= 0.3 is 0 Å². The van der Waals surface area contributed by atoms with Crippen LogP contribution >= 0.6 is 11.3 Å². The van der Waals surface area contributed by atoms with Crippen LogP contribution in [0, 0.1) is 6.92 Å². The molecule has 0 N–H and O–H groups in total. The highest BCUT2D eigenvalue weighted by molar-refractivity contribution is 7.12. The molecule has 0 fully saturated rings. The lowest BCUT2D eigenvalue weighted by Gasteiger charge is -2.11. The molecule has 4 heteroatoms. The number of hydrogen-bond donors (Lipinski definition) is 0. The number of amides is 1. The van der Waals surface area contributed by atoms with Crippen LogP contribution in [0.5, 0.6) is 0 Å². The molecule has 3 nitrogen and oxygen atoms in total. The van der Waals surface area contributed by atoms with Crippen molar-refractivity contribution in [3.63, 3.8) is 0 Å². The number of aryl methyl sites for hydroxylation is 1. The third kappa shape index (κ3) is 3.47. The van der Waals surface area contributed by atoms with Crippen LogP contribution in [-0.4, -0.2) is 25.1 Å². The minimum absolute atomic E-state index is 0.101. The molecule has 0 aliphatic heterocycles. The molecule has 0 aliphatic carbocycles. The summed E-state index contributed by atoms with van der Waals surface area (Å²) in [7, 11) is 3.07. The van der Waals surface area contributed by atoms with E-state index in [1.165, 1.54) is 23.5 Å². The van der Waals surface area contributed by atoms with Crippen LogP contribution in [-0.2, 0) is 4.84 Å². The van der Waals surface area contributed by atoms with Crippen molar-refractivity contribution < 1.29 is 9.63 Å². The summed E-state index contributed by atoms with van der Waals surface area (Å²) in [5.74, 6) is -0.101. The van der Waals surface area contributed by atoms with Crippen LogP contribution in [0.15, 0.2) is 11.4 Å². The second-order valence-electron chi connectivity index (χ2n) is 2.47. The van der Waals surface area contributed by atoms with E-state index in [1.54, 1.807) is 7.05 Å². The third-order valence-corrected chi connectivity index (χ3v) is 2.54. The molecule has 0 bridgehead atoms. The molecule has 0 saturated carbocycles. The maximum Gasteiger partial charge on any atom is 0.287 e. The summed E-state index contributed by atoms with van der Waals surface area (Å²) < 4.78 is 0. The molecule has 1 amide bonds. The van der Waals surface area contributed by atoms with Gasteiger partial charge < -0.3 is 0 Å². The van der Waals surface area contributed by atoms with E-state index in [0.717, 1.165) is 5.56 Å². The molecule has 80 valence electrons. The van der Waals surface area contributed by atoms with Crippen LogP contribution in [0.25, 0.3) is 0 Å². The van der Waals surface area contributed by atoms with Crippen molar-refractivity contribution >= 4 is 17.2 Å². The third-order valence-electron chi connectivity index (χ3n) is 1.50. The summed E-state index contributed by atoms with van der Waals surface area (Å²) in [5.41, 5.74) is 1.10. The van der Waals surface area contributed by atoms with Crippen molar-refractivity contribution in [2.75, 3.05) is 14.2 Å². The Balaban J connectivity index is 0.000000791. The molecule has 0 radical (unpaired) electrons. The van der Waals surface area contributed by atoms with E-state index in [1.807, 2.05) is 32.2 Å². The number of carbonyl (C=O) groups excluding carboxylic acids is 1. The van der Waals surface area contributed by atoms with Crippen LogP contribution < -0.4 is 0 Å². The molecule has 1 heterocycles. The number of hydroxylamine groups is 2. The zero-order valence-corrected chi connectivity index (χ0v) is 10.1. The first-order chi connectivity index (χ1) is 6.65. The Bertz CT molecular complexity index is 283. The van der Waals surface area contributed by atoms with E-state index in [9.17, 15) is 4.79 Å². The van der Waals surface area contributed by atoms with Gasteiger partial charge in [0.25, 0.3) is 5.91 Å². The lowest BCUT2D eigenvalue weighted by atomic mass is 10.3. The van der Waals surface area contributed by atoms with Gasteiger partial charge in [0.2, 0.25) is 0 Å². The monoisotopic (exact) mass is 215 g/mol. The molecule has 1 aromatic heterocycles. The molecule has 0 saturated heterocycles. The summed E-state index contributed by atoms with van der Waals surface area (Å²) in [6.07, 6.45) is 0. The topological polar surface area (TPSA) is 29.5 Å². The summed E-state index contributed by atoms with van der Waals surface area (Å²) in [5, 5.41) is 3.15. The van der Waals surface area contributed by atoms with Gasteiger partial charge in [-0.05, 0) is 23.9 Å². The van der Waals surface area contributed by atoms with E-state index < -0.39 is 0 Å². The minimum atomic E-state index is -0.101. The van der Waals surface area contributed by atoms with Crippen molar-refractivity contribution in [3.8, 4) is 0 Å². The highest BCUT2D eigenvalue weighted by atomic mass is 32.1. The van der Waals surface area contributed by atoms with Crippen LogP contribution in [0.2, 0.25) is 0 Å². The molecule has 1 rings (SSSR count). The van der Waals surface area contributed by atoms with Gasteiger partial charge in [-0.25, -0.2) is 5.06 Å². The van der Waals surface area contributed by atoms with Gasteiger partial charge in [0.05, 0.1) is 12.0 Å². The number of nitrogens with zero attached hydrogens (tertiary/aromatic N) is 1. The van der Waals surface area contributed by atoms with Gasteiger partial charge in [0.1, 0.15) is 0 Å². The van der Waals surface area contributed by atoms with Gasteiger partial charge in [-0.2, -0.15) is 0 Å². The smallest absolute Gasteiger partial charge is 0.274 e. The largest absolute Gasteiger partial charge is 0.287 e. The summed E-state index contributed by atoms with van der Waals surface area (Å²) >= 11 is 1.43. The van der Waals surface area contributed by atoms with Crippen LogP contribution in [0.1, 0.15) is 29.1 Å². The van der Waals surface area contributed by atoms with E-state index >= 15 is 0 Å². The van der Waals surface area contributed by atoms with E-state index in [4.69, 9.17) is 4.84 Å². The molecule has 0 unspecified atom stereocenters. The van der Waals surface area contributed by atoms with Crippen LogP contribution in [0.4, 0.5) is 0 Å². The van der Waals surface area contributed by atoms with Crippen molar-refractivity contribution in [3.05, 3.63) is 21.9 Å². The van der Waals surface area contributed by atoms with Gasteiger partial charge in [-0.15, -0.1) is 11.3 Å². The highest BCUT2D eigenvalue weighted by Gasteiger charge is 2.12. The van der Waals surface area contributed by atoms with Crippen molar-refractivity contribution in [2.24, 2.45) is 0 Å². The molecule has 14 heavy (non-hydrogen) atoms. The Hall–Kier alpha value is -0.870.